The number of anilines is 2. The highest BCUT2D eigenvalue weighted by Crippen LogP contribution is 2.22. The van der Waals surface area contributed by atoms with Crippen molar-refractivity contribution >= 4 is 33.4 Å². The molecule has 150 valence electrons. The molecule has 1 saturated heterocycles. The van der Waals surface area contributed by atoms with Gasteiger partial charge in [-0.25, -0.2) is 9.98 Å². The molecule has 1 unspecified atom stereocenters. The molecule has 2 aromatic rings. The molecule has 0 amide bonds. The second-order valence-corrected chi connectivity index (χ2v) is 8.04. The van der Waals surface area contributed by atoms with E-state index in [4.69, 9.17) is 4.99 Å². The molecule has 28 heavy (non-hydrogen) atoms. The lowest BCUT2D eigenvalue weighted by atomic mass is 10.2. The maximum absolute atomic E-state index is 4.75. The molecular weight excluding hydrogens is 416 g/mol. The Balaban J connectivity index is 1.60. The van der Waals surface area contributed by atoms with Crippen molar-refractivity contribution in [2.75, 3.05) is 43.5 Å². The molecule has 0 aliphatic carbocycles. The fourth-order valence-electron chi connectivity index (χ4n) is 3.24. The summed E-state index contributed by atoms with van der Waals surface area (Å²) in [6.45, 7) is 5.50. The highest BCUT2D eigenvalue weighted by atomic mass is 79.9. The molecular formula is C21H29BrN6. The summed E-state index contributed by atoms with van der Waals surface area (Å²) < 4.78 is 1.11. The Bertz CT molecular complexity index is 790. The minimum Gasteiger partial charge on any atom is -0.369 e. The predicted octanol–water partition coefficient (Wildman–Crippen LogP) is 3.24. The third-order valence-corrected chi connectivity index (χ3v) is 5.24. The number of pyridine rings is 1. The van der Waals surface area contributed by atoms with Crippen LogP contribution in [0.4, 0.5) is 11.5 Å². The van der Waals surface area contributed by atoms with E-state index < -0.39 is 0 Å². The average Bonchev–Trinajstić information content (AvgIpc) is 3.15. The molecule has 3 rings (SSSR count). The Morgan fingerprint density at radius 2 is 2.04 bits per heavy atom. The second kappa shape index (κ2) is 9.78. The van der Waals surface area contributed by atoms with Crippen LogP contribution in [0.2, 0.25) is 0 Å². The first kappa shape index (κ1) is 20.5. The number of hydrogen-bond acceptors (Lipinski definition) is 4. The first-order valence-corrected chi connectivity index (χ1v) is 10.5. The van der Waals surface area contributed by atoms with E-state index in [9.17, 15) is 0 Å². The minimum atomic E-state index is 0.377. The first-order valence-electron chi connectivity index (χ1n) is 9.73. The normalized spacial score (nSPS) is 16.9. The van der Waals surface area contributed by atoms with Crippen molar-refractivity contribution in [3.8, 4) is 0 Å². The van der Waals surface area contributed by atoms with Crippen molar-refractivity contribution < 1.29 is 0 Å². The summed E-state index contributed by atoms with van der Waals surface area (Å²) in [7, 11) is 4.00. The monoisotopic (exact) mass is 444 g/mol. The highest BCUT2D eigenvalue weighted by Gasteiger charge is 2.23. The van der Waals surface area contributed by atoms with Crippen LogP contribution in [0.3, 0.4) is 0 Å². The number of nitrogens with zero attached hydrogens (tertiary/aromatic N) is 4. The number of rotatable bonds is 6. The van der Waals surface area contributed by atoms with E-state index in [1.807, 2.05) is 37.2 Å². The summed E-state index contributed by atoms with van der Waals surface area (Å²) in [5, 5.41) is 6.94. The summed E-state index contributed by atoms with van der Waals surface area (Å²) in [5.74, 6) is 1.80. The van der Waals surface area contributed by atoms with Crippen molar-refractivity contribution in [3.63, 3.8) is 0 Å². The van der Waals surface area contributed by atoms with Gasteiger partial charge in [-0.15, -0.1) is 0 Å². The van der Waals surface area contributed by atoms with Crippen LogP contribution in [-0.4, -0.2) is 50.7 Å². The van der Waals surface area contributed by atoms with Gasteiger partial charge in [-0.2, -0.15) is 0 Å². The number of aliphatic imine (C=N–C) groups is 1. The largest absolute Gasteiger partial charge is 0.369 e. The van der Waals surface area contributed by atoms with E-state index >= 15 is 0 Å². The topological polar surface area (TPSA) is 55.8 Å². The Morgan fingerprint density at radius 3 is 2.75 bits per heavy atom. The fraction of sp³-hybridized carbons (Fsp3) is 0.429. The zero-order chi connectivity index (χ0) is 19.9. The van der Waals surface area contributed by atoms with Crippen LogP contribution in [0.25, 0.3) is 0 Å². The Morgan fingerprint density at radius 1 is 1.25 bits per heavy atom. The van der Waals surface area contributed by atoms with Crippen LogP contribution in [0, 0.1) is 0 Å². The SMILES string of the molecule is CCNC(=NCc1cccc(N(C)C)n1)NC1CCN(c2ccc(Br)cc2)C1. The molecule has 1 atom stereocenters. The van der Waals surface area contributed by atoms with Crippen molar-refractivity contribution in [1.82, 2.24) is 15.6 Å². The number of benzene rings is 1. The summed E-state index contributed by atoms with van der Waals surface area (Å²) in [5.41, 5.74) is 2.23. The lowest BCUT2D eigenvalue weighted by Crippen LogP contribution is -2.44. The maximum Gasteiger partial charge on any atom is 0.191 e. The van der Waals surface area contributed by atoms with Gasteiger partial charge in [-0.1, -0.05) is 22.0 Å². The molecule has 2 N–H and O–H groups in total. The molecule has 1 aliphatic rings. The van der Waals surface area contributed by atoms with Crippen LogP contribution < -0.4 is 20.4 Å². The molecule has 0 radical (unpaired) electrons. The van der Waals surface area contributed by atoms with Gasteiger partial charge in [0.25, 0.3) is 0 Å². The molecule has 1 aliphatic heterocycles. The van der Waals surface area contributed by atoms with Crippen LogP contribution in [0.5, 0.6) is 0 Å². The lowest BCUT2D eigenvalue weighted by molar-refractivity contribution is 0.648. The number of guanidine groups is 1. The smallest absolute Gasteiger partial charge is 0.191 e. The summed E-state index contributed by atoms with van der Waals surface area (Å²) >= 11 is 3.50. The van der Waals surface area contributed by atoms with Gasteiger partial charge in [0, 0.05) is 49.9 Å². The maximum atomic E-state index is 4.75. The van der Waals surface area contributed by atoms with Gasteiger partial charge in [0.05, 0.1) is 12.2 Å². The van der Waals surface area contributed by atoms with Gasteiger partial charge >= 0.3 is 0 Å². The lowest BCUT2D eigenvalue weighted by Gasteiger charge is -2.20. The second-order valence-electron chi connectivity index (χ2n) is 7.13. The zero-order valence-corrected chi connectivity index (χ0v) is 18.4. The molecule has 1 fully saturated rings. The standard InChI is InChI=1S/C21H29BrN6/c1-4-23-21(24-14-17-6-5-7-20(25-17)27(2)3)26-18-12-13-28(15-18)19-10-8-16(22)9-11-19/h5-11,18H,4,12-15H2,1-3H3,(H2,23,24,26). The van der Waals surface area contributed by atoms with E-state index in [2.05, 4.69) is 67.6 Å². The van der Waals surface area contributed by atoms with Crippen LogP contribution in [0.15, 0.2) is 51.9 Å². The van der Waals surface area contributed by atoms with Crippen molar-refractivity contribution in [2.45, 2.75) is 25.9 Å². The molecule has 0 bridgehead atoms. The van der Waals surface area contributed by atoms with Crippen LogP contribution in [-0.2, 0) is 6.54 Å². The van der Waals surface area contributed by atoms with Crippen molar-refractivity contribution in [3.05, 3.63) is 52.6 Å². The quantitative estimate of drug-likeness (QED) is 0.528. The summed E-state index contributed by atoms with van der Waals surface area (Å²) in [4.78, 5) is 13.8. The van der Waals surface area contributed by atoms with Gasteiger partial charge in [0.15, 0.2) is 5.96 Å². The molecule has 2 heterocycles. The predicted molar refractivity (Wildman–Crippen MR) is 121 cm³/mol. The van der Waals surface area contributed by atoms with Gasteiger partial charge in [-0.3, -0.25) is 0 Å². The van der Waals surface area contributed by atoms with E-state index in [0.29, 0.717) is 12.6 Å². The van der Waals surface area contributed by atoms with Crippen LogP contribution >= 0.6 is 15.9 Å². The van der Waals surface area contributed by atoms with Crippen molar-refractivity contribution in [2.24, 2.45) is 4.99 Å². The van der Waals surface area contributed by atoms with Gasteiger partial charge in [-0.05, 0) is 49.7 Å². The average molecular weight is 445 g/mol. The van der Waals surface area contributed by atoms with Gasteiger partial charge < -0.3 is 20.4 Å². The third kappa shape index (κ3) is 5.61. The minimum absolute atomic E-state index is 0.377. The van der Waals surface area contributed by atoms with Gasteiger partial charge in [0.2, 0.25) is 0 Å². The third-order valence-electron chi connectivity index (χ3n) is 4.71. The van der Waals surface area contributed by atoms with E-state index in [0.717, 1.165) is 48.0 Å². The fourth-order valence-corrected chi connectivity index (χ4v) is 3.51. The number of halogens is 1. The van der Waals surface area contributed by atoms with Crippen LogP contribution in [0.1, 0.15) is 19.0 Å². The summed E-state index contributed by atoms with van der Waals surface area (Å²) in [6, 6.07) is 14.9. The molecule has 0 spiro atoms. The highest BCUT2D eigenvalue weighted by molar-refractivity contribution is 9.10. The van der Waals surface area contributed by atoms with E-state index in [1.165, 1.54) is 5.69 Å². The number of aromatic nitrogens is 1. The molecule has 1 aromatic heterocycles. The van der Waals surface area contributed by atoms with Gasteiger partial charge in [0.1, 0.15) is 5.82 Å². The van der Waals surface area contributed by atoms with E-state index in [1.54, 1.807) is 0 Å². The number of nitrogens with one attached hydrogen (secondary N) is 2. The molecule has 0 saturated carbocycles. The van der Waals surface area contributed by atoms with E-state index in [-0.39, 0.29) is 0 Å². The Kier molecular flexibility index (Phi) is 7.14. The molecule has 1 aromatic carbocycles. The first-order chi connectivity index (χ1) is 13.5. The Hall–Kier alpha value is -2.28. The summed E-state index contributed by atoms with van der Waals surface area (Å²) in [6.07, 6.45) is 1.09. The van der Waals surface area contributed by atoms with Crippen molar-refractivity contribution in [1.29, 1.82) is 0 Å². The Labute approximate surface area is 176 Å². The zero-order valence-electron chi connectivity index (χ0n) is 16.8. The molecule has 6 nitrogen and oxygen atoms in total. The molecule has 7 heteroatoms. The number of hydrogen-bond donors (Lipinski definition) is 2.